The summed E-state index contributed by atoms with van der Waals surface area (Å²) in [5, 5.41) is 29.0. The monoisotopic (exact) mass is 492 g/mol. The van der Waals surface area contributed by atoms with Crippen molar-refractivity contribution in [1.29, 1.82) is 0 Å². The van der Waals surface area contributed by atoms with Gasteiger partial charge in [0.1, 0.15) is 30.9 Å². The molecule has 1 aliphatic heterocycles. The zero-order valence-corrected chi connectivity index (χ0v) is 18.3. The number of esters is 1. The lowest BCUT2D eigenvalue weighted by atomic mass is 10.1. The van der Waals surface area contributed by atoms with Crippen LogP contribution in [0.4, 0.5) is 13.2 Å². The van der Waals surface area contributed by atoms with Gasteiger partial charge in [0.2, 0.25) is 0 Å². The van der Waals surface area contributed by atoms with Crippen molar-refractivity contribution in [3.63, 3.8) is 0 Å². The number of halogens is 3. The van der Waals surface area contributed by atoms with E-state index in [0.717, 1.165) is 0 Å². The van der Waals surface area contributed by atoms with Gasteiger partial charge in [-0.25, -0.2) is 4.79 Å². The highest BCUT2D eigenvalue weighted by atomic mass is 32.2. The lowest BCUT2D eigenvalue weighted by molar-refractivity contribution is -0.870. The minimum Gasteiger partial charge on any atom is -0.456 e. The molecule has 2 rings (SSSR count). The molecule has 0 spiro atoms. The van der Waals surface area contributed by atoms with Gasteiger partial charge in [-0.3, -0.25) is 4.55 Å². The number of rotatable bonds is 6. The molecule has 0 unspecified atom stereocenters. The van der Waals surface area contributed by atoms with E-state index in [2.05, 4.69) is 0 Å². The van der Waals surface area contributed by atoms with Crippen molar-refractivity contribution < 1.29 is 64.8 Å². The van der Waals surface area contributed by atoms with E-state index in [4.69, 9.17) is 27.6 Å². The molecule has 15 heteroatoms. The zero-order chi connectivity index (χ0) is 24.9. The summed E-state index contributed by atoms with van der Waals surface area (Å²) < 4.78 is 70.4. The number of hydrogen-bond acceptors (Lipinski definition) is 8. The summed E-state index contributed by atoms with van der Waals surface area (Å²) in [5.41, 5.74) is -5.22. The normalized spacial score (nSPS) is 23.9. The van der Waals surface area contributed by atoms with E-state index in [0.29, 0.717) is 23.2 Å². The number of aliphatic hydroxyl groups is 3. The Hall–Kier alpha value is -1.88. The molecule has 0 aromatic carbocycles. The van der Waals surface area contributed by atoms with Gasteiger partial charge in [-0.2, -0.15) is 26.2 Å². The van der Waals surface area contributed by atoms with Crippen LogP contribution < -0.4 is 4.57 Å². The summed E-state index contributed by atoms with van der Waals surface area (Å²) in [6.07, 6.45) is -1.02. The van der Waals surface area contributed by atoms with Crippen LogP contribution in [0.25, 0.3) is 0 Å². The van der Waals surface area contributed by atoms with Gasteiger partial charge in [-0.15, -0.1) is 0 Å². The van der Waals surface area contributed by atoms with Gasteiger partial charge in [0.05, 0.1) is 27.7 Å². The minimum atomic E-state index is -5.84. The molecule has 2 heterocycles. The summed E-state index contributed by atoms with van der Waals surface area (Å²) in [5.74, 6) is -0.468. The number of alkyl halides is 3. The summed E-state index contributed by atoms with van der Waals surface area (Å²) in [6.45, 7) is 0.584. The number of nitrogens with zero attached hydrogens (tertiary/aromatic N) is 2. The molecule has 0 aliphatic carbocycles. The molecule has 1 fully saturated rings. The zero-order valence-electron chi connectivity index (χ0n) is 17.5. The first kappa shape index (κ1) is 28.2. The first-order valence-electron chi connectivity index (χ1n) is 9.12. The predicted octanol–water partition coefficient (Wildman–Crippen LogP) is -1.16. The van der Waals surface area contributed by atoms with Crippen molar-refractivity contribution in [2.75, 3.05) is 40.9 Å². The Bertz CT molecular complexity index is 875. The fourth-order valence-corrected chi connectivity index (χ4v) is 2.39. The smallest absolute Gasteiger partial charge is 0.456 e. The van der Waals surface area contributed by atoms with Crippen LogP contribution >= 0.6 is 0 Å². The van der Waals surface area contributed by atoms with Crippen LogP contribution in [-0.2, 0) is 19.6 Å². The van der Waals surface area contributed by atoms with E-state index >= 15 is 0 Å². The maximum absolute atomic E-state index is 12.1. The SMILES string of the molecule is C[N+](C)(C)CCOC(=O)c1ccc[n+]([C@@H]2O[C@H](CO)[C@@H](O)[C@H]2O)c1.O=S(=O)(O)C(F)(F)F. The molecule has 0 amide bonds. The summed E-state index contributed by atoms with van der Waals surface area (Å²) in [6, 6.07) is 3.23. The fraction of sp³-hybridized carbons (Fsp3) is 0.647. The molecule has 4 atom stereocenters. The Morgan fingerprint density at radius 2 is 1.81 bits per heavy atom. The second kappa shape index (κ2) is 10.8. The van der Waals surface area contributed by atoms with Crippen molar-refractivity contribution in [2.45, 2.75) is 30.0 Å². The third-order valence-corrected chi connectivity index (χ3v) is 4.74. The van der Waals surface area contributed by atoms with E-state index in [1.165, 1.54) is 10.8 Å². The van der Waals surface area contributed by atoms with Crippen LogP contribution in [0.1, 0.15) is 16.6 Å². The highest BCUT2D eigenvalue weighted by Gasteiger charge is 2.48. The molecular formula is C17H27F3N2O9S+2. The van der Waals surface area contributed by atoms with Crippen molar-refractivity contribution >= 4 is 16.1 Å². The second-order valence-corrected chi connectivity index (χ2v) is 9.25. The van der Waals surface area contributed by atoms with Gasteiger partial charge in [-0.1, -0.05) is 0 Å². The first-order chi connectivity index (χ1) is 14.5. The number of ether oxygens (including phenoxy) is 2. The van der Waals surface area contributed by atoms with Crippen LogP contribution in [0, 0.1) is 0 Å². The number of quaternary nitrogens is 1. The Morgan fingerprint density at radius 1 is 1.25 bits per heavy atom. The van der Waals surface area contributed by atoms with Crippen LogP contribution in [0.15, 0.2) is 24.5 Å². The van der Waals surface area contributed by atoms with E-state index in [1.807, 2.05) is 21.1 Å². The number of hydrogen-bond donors (Lipinski definition) is 4. The molecule has 1 aliphatic rings. The minimum absolute atomic E-state index is 0.297. The Kier molecular flexibility index (Phi) is 9.52. The number of aliphatic hydroxyl groups excluding tert-OH is 3. The van der Waals surface area contributed by atoms with Gasteiger partial charge in [-0.05, 0) is 6.07 Å². The molecule has 1 aromatic rings. The quantitative estimate of drug-likeness (QED) is 0.127. The van der Waals surface area contributed by atoms with Crippen molar-refractivity contribution in [3.05, 3.63) is 30.1 Å². The lowest BCUT2D eigenvalue weighted by Crippen LogP contribution is -2.46. The molecule has 184 valence electrons. The van der Waals surface area contributed by atoms with E-state index in [9.17, 15) is 28.2 Å². The van der Waals surface area contributed by atoms with Crippen LogP contribution in [-0.4, -0.2) is 103 Å². The predicted molar refractivity (Wildman–Crippen MR) is 100 cm³/mol. The van der Waals surface area contributed by atoms with E-state index in [-0.39, 0.29) is 0 Å². The lowest BCUT2D eigenvalue weighted by Gasteiger charge is -2.23. The van der Waals surface area contributed by atoms with E-state index in [1.54, 1.807) is 18.3 Å². The molecule has 4 N–H and O–H groups in total. The Balaban J connectivity index is 0.000000547. The molecule has 1 saturated heterocycles. The van der Waals surface area contributed by atoms with Gasteiger partial charge in [0.25, 0.3) is 6.23 Å². The maximum Gasteiger partial charge on any atom is 0.522 e. The van der Waals surface area contributed by atoms with Crippen molar-refractivity contribution in [1.82, 2.24) is 0 Å². The number of pyridine rings is 1. The Labute approximate surface area is 182 Å². The largest absolute Gasteiger partial charge is 0.522 e. The molecule has 11 nitrogen and oxygen atoms in total. The molecule has 1 aromatic heterocycles. The summed E-state index contributed by atoms with van der Waals surface area (Å²) >= 11 is 0. The van der Waals surface area contributed by atoms with E-state index < -0.39 is 52.7 Å². The number of likely N-dealkylation sites (N-methyl/N-ethyl adjacent to an activating group) is 1. The second-order valence-electron chi connectivity index (χ2n) is 7.84. The average molecular weight is 492 g/mol. The molecule has 0 saturated carbocycles. The van der Waals surface area contributed by atoms with Crippen molar-refractivity contribution in [2.24, 2.45) is 0 Å². The average Bonchev–Trinajstić information content (AvgIpc) is 2.94. The number of carbonyl (C=O) groups excluding carboxylic acids is 1. The summed E-state index contributed by atoms with van der Waals surface area (Å²) in [7, 11) is 0.178. The highest BCUT2D eigenvalue weighted by Crippen LogP contribution is 2.25. The van der Waals surface area contributed by atoms with Crippen LogP contribution in [0.3, 0.4) is 0 Å². The number of aromatic nitrogens is 1. The third kappa shape index (κ3) is 8.23. The van der Waals surface area contributed by atoms with Crippen molar-refractivity contribution in [3.8, 4) is 0 Å². The third-order valence-electron chi connectivity index (χ3n) is 4.16. The molecular weight excluding hydrogens is 465 g/mol. The van der Waals surface area contributed by atoms with Crippen LogP contribution in [0.5, 0.6) is 0 Å². The van der Waals surface area contributed by atoms with Gasteiger partial charge >= 0.3 is 21.6 Å². The molecule has 0 radical (unpaired) electrons. The van der Waals surface area contributed by atoms with Crippen LogP contribution in [0.2, 0.25) is 0 Å². The fourth-order valence-electron chi connectivity index (χ4n) is 2.39. The first-order valence-corrected chi connectivity index (χ1v) is 10.6. The topological polar surface area (TPSA) is 154 Å². The van der Waals surface area contributed by atoms with Gasteiger partial charge in [0, 0.05) is 6.07 Å². The molecule has 0 bridgehead atoms. The number of carbonyl (C=O) groups is 1. The van der Waals surface area contributed by atoms with Gasteiger partial charge < -0.3 is 29.3 Å². The standard InChI is InChI=1S/C16H26N2O6.CHF3O3S/c1-18(2,3)7-8-23-16(22)11-5-4-6-17(9-11)15-14(21)13(20)12(10-19)24-15;2-1(3,4)8(5,6)7/h4-6,9,12-15,19-21H,7-8,10H2,1-3H3;(H,5,6,7)/q+2;/t12-,13-,14-,15-;/m1./s1. The van der Waals surface area contributed by atoms with Gasteiger partial charge in [0.15, 0.2) is 18.5 Å². The molecule has 32 heavy (non-hydrogen) atoms. The maximum atomic E-state index is 12.1. The highest BCUT2D eigenvalue weighted by molar-refractivity contribution is 7.86. The Morgan fingerprint density at radius 3 is 2.25 bits per heavy atom. The summed E-state index contributed by atoms with van der Waals surface area (Å²) in [4.78, 5) is 12.1.